The van der Waals surface area contributed by atoms with Gasteiger partial charge in [0, 0.05) is 12.3 Å². The zero-order chi connectivity index (χ0) is 16.5. The lowest BCUT2D eigenvalue weighted by Gasteiger charge is -2.33. The number of nitrogens with one attached hydrogen (secondary N) is 1. The first-order valence-electron chi connectivity index (χ1n) is 8.87. The van der Waals surface area contributed by atoms with Gasteiger partial charge in [-0.25, -0.2) is 9.66 Å². The van der Waals surface area contributed by atoms with Gasteiger partial charge in [-0.05, 0) is 62.0 Å². The minimum atomic E-state index is -0.232. The number of hydrogen-bond acceptors (Lipinski definition) is 3. The van der Waals surface area contributed by atoms with E-state index in [2.05, 4.69) is 5.43 Å². The van der Waals surface area contributed by atoms with Gasteiger partial charge in [0.1, 0.15) is 5.82 Å². The van der Waals surface area contributed by atoms with Crippen LogP contribution in [0.5, 0.6) is 0 Å². The van der Waals surface area contributed by atoms with Gasteiger partial charge < -0.3 is 0 Å². The van der Waals surface area contributed by atoms with Crippen molar-refractivity contribution in [1.29, 1.82) is 0 Å². The Kier molecular flexibility index (Phi) is 2.77. The Morgan fingerprint density at radius 2 is 1.92 bits per heavy atom. The number of carbonyl (C=O) groups excluding carboxylic acids is 1. The first-order chi connectivity index (χ1) is 11.6. The predicted octanol–water partition coefficient (Wildman–Crippen LogP) is 2.56. The SMILES string of the molecule is CC(=O)Nn1c(C23CC4CC(CC2C4)C3)nc2ccccc2c1=O. The molecule has 1 amide bonds. The van der Waals surface area contributed by atoms with Crippen molar-refractivity contribution in [3.05, 3.63) is 40.4 Å². The Bertz CT molecular complexity index is 902. The molecule has 4 bridgehead atoms. The number of aromatic nitrogens is 2. The van der Waals surface area contributed by atoms with E-state index >= 15 is 0 Å². The second-order valence-corrected chi connectivity index (χ2v) is 7.96. The van der Waals surface area contributed by atoms with Crippen LogP contribution in [-0.4, -0.2) is 15.6 Å². The third kappa shape index (κ3) is 1.78. The normalized spacial score (nSPS) is 33.3. The van der Waals surface area contributed by atoms with Crippen molar-refractivity contribution in [3.63, 3.8) is 0 Å². The van der Waals surface area contributed by atoms with Gasteiger partial charge >= 0.3 is 0 Å². The van der Waals surface area contributed by atoms with E-state index in [-0.39, 0.29) is 16.9 Å². The molecule has 24 heavy (non-hydrogen) atoms. The summed E-state index contributed by atoms with van der Waals surface area (Å²) in [4.78, 5) is 29.7. The van der Waals surface area contributed by atoms with Crippen LogP contribution in [0, 0.1) is 17.8 Å². The first-order valence-corrected chi connectivity index (χ1v) is 8.87. The van der Waals surface area contributed by atoms with Crippen LogP contribution in [-0.2, 0) is 10.2 Å². The highest BCUT2D eigenvalue weighted by Gasteiger charge is 2.60. The highest BCUT2D eigenvalue weighted by molar-refractivity contribution is 5.82. The maximum absolute atomic E-state index is 13.0. The summed E-state index contributed by atoms with van der Waals surface area (Å²) in [5.41, 5.74) is 3.30. The van der Waals surface area contributed by atoms with Crippen molar-refractivity contribution in [2.45, 2.75) is 44.4 Å². The predicted molar refractivity (Wildman–Crippen MR) is 91.3 cm³/mol. The van der Waals surface area contributed by atoms with Crippen LogP contribution in [0.2, 0.25) is 0 Å². The third-order valence-corrected chi connectivity index (χ3v) is 6.48. The average molecular weight is 323 g/mol. The van der Waals surface area contributed by atoms with Crippen LogP contribution in [0.15, 0.2) is 29.1 Å². The smallest absolute Gasteiger partial charge is 0.274 e. The van der Waals surface area contributed by atoms with Crippen LogP contribution in [0.25, 0.3) is 10.9 Å². The minimum absolute atomic E-state index is 0.0285. The lowest BCUT2D eigenvalue weighted by molar-refractivity contribution is -0.115. The van der Waals surface area contributed by atoms with Gasteiger partial charge in [-0.15, -0.1) is 0 Å². The summed E-state index contributed by atoms with van der Waals surface area (Å²) in [7, 11) is 0. The number of benzene rings is 1. The monoisotopic (exact) mass is 323 g/mol. The van der Waals surface area contributed by atoms with E-state index in [4.69, 9.17) is 4.98 Å². The van der Waals surface area contributed by atoms with E-state index in [1.807, 2.05) is 18.2 Å². The molecule has 0 saturated heterocycles. The summed E-state index contributed by atoms with van der Waals surface area (Å²) in [6.07, 6.45) is 6.05. The molecule has 5 heteroatoms. The summed E-state index contributed by atoms with van der Waals surface area (Å²) in [5.74, 6) is 2.68. The fourth-order valence-electron chi connectivity index (χ4n) is 5.89. The number of amides is 1. The Morgan fingerprint density at radius 3 is 2.62 bits per heavy atom. The lowest BCUT2D eigenvalue weighted by atomic mass is 9.75. The molecular formula is C19H21N3O2. The molecule has 5 nitrogen and oxygen atoms in total. The van der Waals surface area contributed by atoms with Crippen LogP contribution in [0.3, 0.4) is 0 Å². The number of para-hydroxylation sites is 1. The Balaban J connectivity index is 1.78. The van der Waals surface area contributed by atoms with Crippen molar-refractivity contribution in [2.75, 3.05) is 5.43 Å². The van der Waals surface area contributed by atoms with E-state index in [9.17, 15) is 9.59 Å². The number of rotatable bonds is 2. The van der Waals surface area contributed by atoms with Gasteiger partial charge in [-0.2, -0.15) is 0 Å². The molecule has 2 aromatic rings. The van der Waals surface area contributed by atoms with Gasteiger partial charge in [-0.1, -0.05) is 12.1 Å². The molecule has 1 heterocycles. The van der Waals surface area contributed by atoms with Gasteiger partial charge in [-0.3, -0.25) is 15.0 Å². The summed E-state index contributed by atoms with van der Waals surface area (Å²) in [5, 5.41) is 0.559. The maximum Gasteiger partial charge on any atom is 0.280 e. The lowest BCUT2D eigenvalue weighted by Crippen LogP contribution is -2.42. The average Bonchev–Trinajstić information content (AvgIpc) is 2.95. The first kappa shape index (κ1) is 14.2. The van der Waals surface area contributed by atoms with Crippen LogP contribution in [0.4, 0.5) is 0 Å². The fourth-order valence-corrected chi connectivity index (χ4v) is 5.89. The standard InChI is InChI=1S/C19H21N3O2/c1-11(23)21-22-17(24)15-4-2-3-5-16(15)20-18(22)19-9-12-6-13(10-19)8-14(19)7-12/h2-5,12-14H,6-10H2,1H3,(H,21,23). The molecule has 0 spiro atoms. The molecule has 2 unspecified atom stereocenters. The molecule has 4 aliphatic carbocycles. The number of fused-ring (bicyclic) bond motifs is 1. The second kappa shape index (κ2) is 4.68. The topological polar surface area (TPSA) is 64.0 Å². The number of carbonyl (C=O) groups is 1. The van der Waals surface area contributed by atoms with Gasteiger partial charge in [0.05, 0.1) is 10.9 Å². The second-order valence-electron chi connectivity index (χ2n) is 7.96. The molecular weight excluding hydrogens is 302 g/mol. The van der Waals surface area contributed by atoms with Gasteiger partial charge in [0.15, 0.2) is 0 Å². The maximum atomic E-state index is 13.0. The fraction of sp³-hybridized carbons (Fsp3) is 0.526. The minimum Gasteiger partial charge on any atom is -0.274 e. The number of hydrogen-bond donors (Lipinski definition) is 1. The van der Waals surface area contributed by atoms with Gasteiger partial charge in [0.2, 0.25) is 5.91 Å². The van der Waals surface area contributed by atoms with Crippen molar-refractivity contribution in [2.24, 2.45) is 17.8 Å². The Hall–Kier alpha value is -2.17. The van der Waals surface area contributed by atoms with Crippen molar-refractivity contribution in [3.8, 4) is 0 Å². The third-order valence-electron chi connectivity index (χ3n) is 6.48. The zero-order valence-corrected chi connectivity index (χ0v) is 13.8. The van der Waals surface area contributed by atoms with Crippen molar-refractivity contribution >= 4 is 16.8 Å². The quantitative estimate of drug-likeness (QED) is 0.924. The molecule has 1 aromatic carbocycles. The summed E-state index contributed by atoms with van der Waals surface area (Å²) < 4.78 is 1.45. The molecule has 4 fully saturated rings. The van der Waals surface area contributed by atoms with Crippen LogP contribution in [0.1, 0.15) is 44.9 Å². The van der Waals surface area contributed by atoms with Crippen molar-refractivity contribution < 1.29 is 4.79 Å². The highest BCUT2D eigenvalue weighted by atomic mass is 16.2. The largest absolute Gasteiger partial charge is 0.280 e. The Labute approximate surface area is 140 Å². The summed E-state index contributed by atoms with van der Waals surface area (Å²) in [6.45, 7) is 1.45. The molecule has 2 atom stereocenters. The molecule has 0 radical (unpaired) electrons. The molecule has 6 rings (SSSR count). The van der Waals surface area contributed by atoms with Gasteiger partial charge in [0.25, 0.3) is 5.56 Å². The molecule has 1 aromatic heterocycles. The van der Waals surface area contributed by atoms with E-state index in [0.29, 0.717) is 11.3 Å². The summed E-state index contributed by atoms with van der Waals surface area (Å²) in [6, 6.07) is 7.43. The Morgan fingerprint density at radius 1 is 1.21 bits per heavy atom. The molecule has 0 aliphatic heterocycles. The highest BCUT2D eigenvalue weighted by Crippen LogP contribution is 2.65. The molecule has 124 valence electrons. The van der Waals surface area contributed by atoms with E-state index in [1.54, 1.807) is 6.07 Å². The number of nitrogens with zero attached hydrogens (tertiary/aromatic N) is 2. The van der Waals surface area contributed by atoms with E-state index < -0.39 is 0 Å². The zero-order valence-electron chi connectivity index (χ0n) is 13.8. The molecule has 4 aliphatic rings. The van der Waals surface area contributed by atoms with Crippen LogP contribution >= 0.6 is 0 Å². The molecule has 1 N–H and O–H groups in total. The van der Waals surface area contributed by atoms with Crippen molar-refractivity contribution in [1.82, 2.24) is 9.66 Å². The summed E-state index contributed by atoms with van der Waals surface area (Å²) >= 11 is 0. The van der Waals surface area contributed by atoms with E-state index in [0.717, 1.165) is 36.0 Å². The van der Waals surface area contributed by atoms with Crippen LogP contribution < -0.4 is 11.0 Å². The molecule has 4 saturated carbocycles. The van der Waals surface area contributed by atoms with E-state index in [1.165, 1.54) is 30.9 Å².